The molecular weight excluding hydrogens is 518 g/mol. The third-order valence-corrected chi connectivity index (χ3v) is 7.62. The fourth-order valence-corrected chi connectivity index (χ4v) is 5.20. The highest BCUT2D eigenvalue weighted by Crippen LogP contribution is 2.28. The summed E-state index contributed by atoms with van der Waals surface area (Å²) < 4.78 is 32.8. The minimum absolute atomic E-state index is 0.0146. The maximum Gasteiger partial charge on any atom is 0.350 e. The van der Waals surface area contributed by atoms with Crippen molar-refractivity contribution < 1.29 is 13.9 Å². The zero-order valence-corrected chi connectivity index (χ0v) is 22.7. The first-order chi connectivity index (χ1) is 19.2. The second-order valence-corrected chi connectivity index (χ2v) is 10.5. The van der Waals surface area contributed by atoms with Gasteiger partial charge in [-0.3, -0.25) is 4.90 Å². The summed E-state index contributed by atoms with van der Waals surface area (Å²) in [7, 11) is 0. The second kappa shape index (κ2) is 11.8. The molecular formula is C28H34F2N8O2. The molecule has 0 spiro atoms. The van der Waals surface area contributed by atoms with E-state index in [1.54, 1.807) is 10.9 Å². The quantitative estimate of drug-likeness (QED) is 0.322. The smallest absolute Gasteiger partial charge is 0.350 e. The largest absolute Gasteiger partial charge is 0.382 e. The number of aryl methyl sites for hydroxylation is 3. The highest BCUT2D eigenvalue weighted by atomic mass is 19.1. The Hall–Kier alpha value is -3.74. The van der Waals surface area contributed by atoms with E-state index in [1.807, 2.05) is 32.0 Å². The van der Waals surface area contributed by atoms with Gasteiger partial charge in [0.15, 0.2) is 0 Å². The average molecular weight is 553 g/mol. The third-order valence-electron chi connectivity index (χ3n) is 7.62. The molecule has 1 unspecified atom stereocenters. The van der Waals surface area contributed by atoms with Gasteiger partial charge in [0.1, 0.15) is 36.2 Å². The van der Waals surface area contributed by atoms with Crippen LogP contribution in [0.4, 0.5) is 8.78 Å². The van der Waals surface area contributed by atoms with Gasteiger partial charge >= 0.3 is 5.69 Å². The third kappa shape index (κ3) is 6.19. The number of aromatic nitrogens is 6. The summed E-state index contributed by atoms with van der Waals surface area (Å²) >= 11 is 0. The summed E-state index contributed by atoms with van der Waals surface area (Å²) in [4.78, 5) is 21.1. The molecule has 4 aromatic rings. The van der Waals surface area contributed by atoms with Crippen molar-refractivity contribution in [2.45, 2.75) is 39.0 Å². The van der Waals surface area contributed by atoms with Gasteiger partial charge in [0.2, 0.25) is 0 Å². The number of piperazine rings is 1. The normalized spacial score (nSPS) is 16.3. The lowest BCUT2D eigenvalue weighted by Crippen LogP contribution is -2.52. The van der Waals surface area contributed by atoms with Gasteiger partial charge in [0.25, 0.3) is 0 Å². The van der Waals surface area contributed by atoms with E-state index < -0.39 is 17.2 Å². The Bertz CT molecular complexity index is 1490. The topological polar surface area (TPSA) is 97.2 Å². The standard InChI is InChI=1S/C28H34F2N8O2/c1-21-4-6-24(14-22(21)2)37-20-33-38(27(37)39)9-3-8-34-10-12-35(13-11-34)16-28(40,17-36-19-31-18-32-36)25-7-5-23(29)15-26(25)30/h4-7,14-15,18-20,40H,3,8-13,16-17H2,1-2H3. The van der Waals surface area contributed by atoms with E-state index in [4.69, 9.17) is 0 Å². The predicted molar refractivity (Wildman–Crippen MR) is 145 cm³/mol. The van der Waals surface area contributed by atoms with Gasteiger partial charge in [-0.05, 0) is 49.6 Å². The van der Waals surface area contributed by atoms with Crippen molar-refractivity contribution in [2.75, 3.05) is 39.3 Å². The number of hydrogen-bond acceptors (Lipinski definition) is 7. The van der Waals surface area contributed by atoms with Crippen LogP contribution in [-0.2, 0) is 18.7 Å². The van der Waals surface area contributed by atoms with Gasteiger partial charge in [0, 0.05) is 57.4 Å². The number of halogens is 2. The van der Waals surface area contributed by atoms with E-state index in [0.717, 1.165) is 49.4 Å². The predicted octanol–water partition coefficient (Wildman–Crippen LogP) is 2.12. The molecule has 1 atom stereocenters. The first-order valence-corrected chi connectivity index (χ1v) is 13.4. The van der Waals surface area contributed by atoms with Crippen molar-refractivity contribution in [1.82, 2.24) is 38.9 Å². The van der Waals surface area contributed by atoms with Crippen LogP contribution in [-0.4, -0.2) is 83.3 Å². The Kier molecular flexibility index (Phi) is 8.19. The molecule has 0 amide bonds. The molecule has 10 nitrogen and oxygen atoms in total. The molecule has 0 bridgehead atoms. The maximum absolute atomic E-state index is 14.7. The Balaban J connectivity index is 1.16. The SMILES string of the molecule is Cc1ccc(-n2cnn(CCCN3CCN(CC(O)(Cn4cncn4)c4ccc(F)cc4F)CC3)c2=O)cc1C. The fourth-order valence-electron chi connectivity index (χ4n) is 5.20. The lowest BCUT2D eigenvalue weighted by Gasteiger charge is -2.39. The first-order valence-electron chi connectivity index (χ1n) is 13.4. The Morgan fingerprint density at radius 3 is 2.38 bits per heavy atom. The minimum atomic E-state index is -1.62. The minimum Gasteiger partial charge on any atom is -0.382 e. The van der Waals surface area contributed by atoms with Crippen LogP contribution < -0.4 is 5.69 Å². The molecule has 1 saturated heterocycles. The number of β-amino-alcohol motifs (C(OH)–C–C–N with tert-alkyl or cyclic N) is 1. The molecule has 1 fully saturated rings. The number of hydrogen-bond donors (Lipinski definition) is 1. The van der Waals surface area contributed by atoms with E-state index in [1.165, 1.54) is 33.6 Å². The molecule has 2 aromatic carbocycles. The van der Waals surface area contributed by atoms with E-state index in [2.05, 4.69) is 25.0 Å². The molecule has 1 N–H and O–H groups in total. The number of nitrogens with zero attached hydrogens (tertiary/aromatic N) is 8. The van der Waals surface area contributed by atoms with Crippen LogP contribution >= 0.6 is 0 Å². The molecule has 40 heavy (non-hydrogen) atoms. The lowest BCUT2D eigenvalue weighted by atomic mass is 9.92. The molecule has 12 heteroatoms. The molecule has 3 heterocycles. The van der Waals surface area contributed by atoms with E-state index in [-0.39, 0.29) is 24.3 Å². The average Bonchev–Trinajstić information content (AvgIpc) is 3.56. The van der Waals surface area contributed by atoms with E-state index in [9.17, 15) is 18.7 Å². The van der Waals surface area contributed by atoms with Crippen LogP contribution in [0.15, 0.2) is 60.2 Å². The molecule has 1 aliphatic heterocycles. The number of rotatable bonds is 10. The first kappa shape index (κ1) is 27.8. The van der Waals surface area contributed by atoms with Crippen LogP contribution in [0.2, 0.25) is 0 Å². The Labute approximate surface area is 231 Å². The highest BCUT2D eigenvalue weighted by molar-refractivity contribution is 5.39. The van der Waals surface area contributed by atoms with E-state index >= 15 is 0 Å². The van der Waals surface area contributed by atoms with Gasteiger partial charge in [0.05, 0.1) is 12.2 Å². The zero-order chi connectivity index (χ0) is 28.3. The highest BCUT2D eigenvalue weighted by Gasteiger charge is 2.36. The molecule has 0 aliphatic carbocycles. The van der Waals surface area contributed by atoms with E-state index in [0.29, 0.717) is 19.6 Å². The van der Waals surface area contributed by atoms with Gasteiger partial charge in [-0.15, -0.1) is 0 Å². The lowest BCUT2D eigenvalue weighted by molar-refractivity contribution is -0.0319. The molecule has 1 aliphatic rings. The van der Waals surface area contributed by atoms with Gasteiger partial charge in [-0.25, -0.2) is 32.5 Å². The van der Waals surface area contributed by atoms with Crippen LogP contribution in [0.1, 0.15) is 23.1 Å². The molecule has 212 valence electrons. The van der Waals surface area contributed by atoms with Crippen molar-refractivity contribution in [3.63, 3.8) is 0 Å². The number of aliphatic hydroxyl groups is 1. The van der Waals surface area contributed by atoms with Gasteiger partial charge in [-0.2, -0.15) is 10.2 Å². The summed E-state index contributed by atoms with van der Waals surface area (Å²) in [5.41, 5.74) is 1.34. The van der Waals surface area contributed by atoms with Gasteiger partial charge in [-0.1, -0.05) is 12.1 Å². The van der Waals surface area contributed by atoms with Crippen molar-refractivity contribution in [1.29, 1.82) is 0 Å². The summed E-state index contributed by atoms with van der Waals surface area (Å²) in [6, 6.07) is 9.14. The van der Waals surface area contributed by atoms with Crippen LogP contribution in [0.5, 0.6) is 0 Å². The molecule has 2 aromatic heterocycles. The van der Waals surface area contributed by atoms with Crippen molar-refractivity contribution in [3.05, 3.63) is 94.2 Å². The Morgan fingerprint density at radius 2 is 1.68 bits per heavy atom. The monoisotopic (exact) mass is 552 g/mol. The second-order valence-electron chi connectivity index (χ2n) is 10.5. The van der Waals surface area contributed by atoms with Crippen molar-refractivity contribution in [3.8, 4) is 5.69 Å². The molecule has 0 saturated carbocycles. The van der Waals surface area contributed by atoms with Crippen molar-refractivity contribution in [2.24, 2.45) is 0 Å². The molecule has 0 radical (unpaired) electrons. The van der Waals surface area contributed by atoms with Crippen LogP contribution in [0.25, 0.3) is 5.69 Å². The Morgan fingerprint density at radius 1 is 0.900 bits per heavy atom. The van der Waals surface area contributed by atoms with Crippen molar-refractivity contribution >= 4 is 0 Å². The number of benzene rings is 2. The van der Waals surface area contributed by atoms with Crippen LogP contribution in [0.3, 0.4) is 0 Å². The maximum atomic E-state index is 14.7. The summed E-state index contributed by atoms with van der Waals surface area (Å²) in [6.07, 6.45) is 5.14. The zero-order valence-electron chi connectivity index (χ0n) is 22.7. The van der Waals surface area contributed by atoms with Crippen LogP contribution in [0, 0.1) is 25.5 Å². The molecule has 5 rings (SSSR count). The summed E-state index contributed by atoms with van der Waals surface area (Å²) in [5.74, 6) is -1.49. The summed E-state index contributed by atoms with van der Waals surface area (Å²) in [5, 5.41) is 20.0. The summed E-state index contributed by atoms with van der Waals surface area (Å²) in [6.45, 7) is 8.38. The fraction of sp³-hybridized carbons (Fsp3) is 0.429. The van der Waals surface area contributed by atoms with Gasteiger partial charge < -0.3 is 10.0 Å².